The van der Waals surface area contributed by atoms with E-state index in [2.05, 4.69) is 5.32 Å². The van der Waals surface area contributed by atoms with Gasteiger partial charge in [0.25, 0.3) is 0 Å². The van der Waals surface area contributed by atoms with E-state index in [1.807, 2.05) is 30.3 Å². The summed E-state index contributed by atoms with van der Waals surface area (Å²) in [5.41, 5.74) is 2.14. The maximum Gasteiger partial charge on any atom is 0.221 e. The van der Waals surface area contributed by atoms with Crippen LogP contribution in [0.2, 0.25) is 0 Å². The van der Waals surface area contributed by atoms with Crippen LogP contribution < -0.4 is 5.32 Å². The van der Waals surface area contributed by atoms with Gasteiger partial charge in [-0.1, -0.05) is 42.5 Å². The Balaban J connectivity index is 1.70. The summed E-state index contributed by atoms with van der Waals surface area (Å²) in [6.07, 6.45) is 1.70. The molecule has 2 aromatic rings. The van der Waals surface area contributed by atoms with E-state index in [-0.39, 0.29) is 24.1 Å². The number of rotatable bonds is 9. The van der Waals surface area contributed by atoms with Crippen LogP contribution in [0.5, 0.6) is 0 Å². The third-order valence-electron chi connectivity index (χ3n) is 4.22. The van der Waals surface area contributed by atoms with Crippen molar-refractivity contribution in [1.82, 2.24) is 10.2 Å². The first-order valence-corrected chi connectivity index (χ1v) is 8.85. The minimum Gasteiger partial charge on any atom is -0.356 e. The maximum atomic E-state index is 12.9. The molecule has 5 heteroatoms. The average Bonchev–Trinajstić information content (AvgIpc) is 2.63. The first-order valence-electron chi connectivity index (χ1n) is 8.85. The van der Waals surface area contributed by atoms with Gasteiger partial charge in [-0.3, -0.25) is 9.59 Å². The molecule has 0 heterocycles. The molecule has 138 valence electrons. The number of amides is 2. The Labute approximate surface area is 154 Å². The second-order valence-corrected chi connectivity index (χ2v) is 6.22. The number of carbonyl (C=O) groups excluding carboxylic acids is 2. The van der Waals surface area contributed by atoms with Crippen molar-refractivity contribution in [3.05, 3.63) is 71.5 Å². The molecular weight excluding hydrogens is 331 g/mol. The van der Waals surface area contributed by atoms with Crippen LogP contribution in [0.3, 0.4) is 0 Å². The highest BCUT2D eigenvalue weighted by Gasteiger charge is 2.11. The summed E-state index contributed by atoms with van der Waals surface area (Å²) in [6.45, 7) is 2.97. The van der Waals surface area contributed by atoms with Crippen molar-refractivity contribution in [2.24, 2.45) is 0 Å². The summed E-state index contributed by atoms with van der Waals surface area (Å²) in [5.74, 6) is -0.400. The van der Waals surface area contributed by atoms with Gasteiger partial charge in [0.2, 0.25) is 11.8 Å². The van der Waals surface area contributed by atoms with Crippen molar-refractivity contribution in [3.8, 4) is 0 Å². The van der Waals surface area contributed by atoms with Crippen molar-refractivity contribution in [2.45, 2.75) is 26.2 Å². The van der Waals surface area contributed by atoms with Gasteiger partial charge in [0.15, 0.2) is 0 Å². The molecule has 0 aliphatic rings. The van der Waals surface area contributed by atoms with Crippen molar-refractivity contribution in [3.63, 3.8) is 0 Å². The zero-order valence-electron chi connectivity index (χ0n) is 15.1. The number of nitrogens with one attached hydrogen (secondary N) is 1. The van der Waals surface area contributed by atoms with Crippen LogP contribution in [0.1, 0.15) is 24.5 Å². The van der Waals surface area contributed by atoms with Crippen molar-refractivity contribution in [2.75, 3.05) is 19.6 Å². The lowest BCUT2D eigenvalue weighted by atomic mass is 10.1. The Hall–Kier alpha value is -2.69. The molecule has 0 bridgehead atoms. The molecule has 2 aromatic carbocycles. The van der Waals surface area contributed by atoms with E-state index in [0.717, 1.165) is 12.0 Å². The van der Waals surface area contributed by atoms with Gasteiger partial charge in [0, 0.05) is 33.0 Å². The minimum atomic E-state index is -0.274. The fourth-order valence-corrected chi connectivity index (χ4v) is 2.66. The number of benzene rings is 2. The molecule has 0 saturated carbocycles. The predicted octanol–water partition coefficient (Wildman–Crippen LogP) is 2.97. The van der Waals surface area contributed by atoms with Crippen molar-refractivity contribution in [1.29, 1.82) is 0 Å². The number of halogens is 1. The third-order valence-corrected chi connectivity index (χ3v) is 4.22. The Morgan fingerprint density at radius 1 is 0.923 bits per heavy atom. The lowest BCUT2D eigenvalue weighted by Gasteiger charge is -2.21. The van der Waals surface area contributed by atoms with Gasteiger partial charge in [0.1, 0.15) is 5.82 Å². The van der Waals surface area contributed by atoms with Crippen LogP contribution in [0, 0.1) is 5.82 Å². The Bertz CT molecular complexity index is 702. The van der Waals surface area contributed by atoms with Crippen molar-refractivity contribution < 1.29 is 14.0 Å². The first-order chi connectivity index (χ1) is 12.5. The van der Waals surface area contributed by atoms with Crippen LogP contribution in [-0.4, -0.2) is 36.3 Å². The molecular formula is C21H25FN2O2. The number of nitrogens with zero attached hydrogens (tertiary/aromatic N) is 1. The molecule has 0 spiro atoms. The molecule has 26 heavy (non-hydrogen) atoms. The molecule has 0 aliphatic heterocycles. The molecule has 0 aromatic heterocycles. The highest BCUT2D eigenvalue weighted by Crippen LogP contribution is 2.05. The highest BCUT2D eigenvalue weighted by molar-refractivity contribution is 5.78. The fraction of sp³-hybridized carbons (Fsp3) is 0.333. The zero-order chi connectivity index (χ0) is 18.8. The molecule has 1 N–H and O–H groups in total. The summed E-state index contributed by atoms with van der Waals surface area (Å²) >= 11 is 0. The molecule has 0 fully saturated rings. The Morgan fingerprint density at radius 3 is 2.23 bits per heavy atom. The van der Waals surface area contributed by atoms with Crippen LogP contribution in [0.15, 0.2) is 54.6 Å². The monoisotopic (exact) mass is 356 g/mol. The van der Waals surface area contributed by atoms with Crippen LogP contribution in [-0.2, 0) is 22.4 Å². The van der Waals surface area contributed by atoms with Gasteiger partial charge >= 0.3 is 0 Å². The third kappa shape index (κ3) is 7.05. The molecule has 0 atom stereocenters. The minimum absolute atomic E-state index is 0.0611. The largest absolute Gasteiger partial charge is 0.356 e. The summed E-state index contributed by atoms with van der Waals surface area (Å²) in [4.78, 5) is 25.4. The van der Waals surface area contributed by atoms with Gasteiger partial charge in [-0.15, -0.1) is 0 Å². The number of hydrogen-bond donors (Lipinski definition) is 1. The zero-order valence-corrected chi connectivity index (χ0v) is 15.1. The van der Waals surface area contributed by atoms with E-state index in [4.69, 9.17) is 0 Å². The van der Waals surface area contributed by atoms with E-state index in [0.29, 0.717) is 26.1 Å². The van der Waals surface area contributed by atoms with Gasteiger partial charge in [-0.2, -0.15) is 0 Å². The normalized spacial score (nSPS) is 10.4. The molecule has 0 unspecified atom stereocenters. The Morgan fingerprint density at radius 2 is 1.58 bits per heavy atom. The smallest absolute Gasteiger partial charge is 0.221 e. The lowest BCUT2D eigenvalue weighted by Crippen LogP contribution is -2.35. The summed E-state index contributed by atoms with van der Waals surface area (Å²) in [6, 6.07) is 16.2. The SMILES string of the molecule is CC(=O)N(CCC(=O)NCCc1ccccc1)CCc1ccc(F)cc1. The van der Waals surface area contributed by atoms with Crippen molar-refractivity contribution >= 4 is 11.8 Å². The second kappa shape index (κ2) is 10.3. The first kappa shape index (κ1) is 19.6. The van der Waals surface area contributed by atoms with E-state index in [9.17, 15) is 14.0 Å². The van der Waals surface area contributed by atoms with E-state index in [1.165, 1.54) is 24.6 Å². The molecule has 2 amide bonds. The second-order valence-electron chi connectivity index (χ2n) is 6.22. The van der Waals surface area contributed by atoms with Crippen LogP contribution in [0.25, 0.3) is 0 Å². The number of carbonyl (C=O) groups is 2. The van der Waals surface area contributed by atoms with Gasteiger partial charge in [0.05, 0.1) is 0 Å². The Kier molecular flexibility index (Phi) is 7.80. The van der Waals surface area contributed by atoms with Gasteiger partial charge in [-0.25, -0.2) is 4.39 Å². The van der Waals surface area contributed by atoms with Gasteiger partial charge in [-0.05, 0) is 36.1 Å². The maximum absolute atomic E-state index is 12.9. The van der Waals surface area contributed by atoms with Gasteiger partial charge < -0.3 is 10.2 Å². The molecule has 2 rings (SSSR count). The summed E-state index contributed by atoms with van der Waals surface area (Å²) in [7, 11) is 0. The molecule has 0 saturated heterocycles. The summed E-state index contributed by atoms with van der Waals surface area (Å²) < 4.78 is 12.9. The topological polar surface area (TPSA) is 49.4 Å². The number of hydrogen-bond acceptors (Lipinski definition) is 2. The quantitative estimate of drug-likeness (QED) is 0.751. The molecule has 0 radical (unpaired) electrons. The highest BCUT2D eigenvalue weighted by atomic mass is 19.1. The van der Waals surface area contributed by atoms with E-state index in [1.54, 1.807) is 17.0 Å². The van der Waals surface area contributed by atoms with Crippen LogP contribution in [0.4, 0.5) is 4.39 Å². The molecule has 0 aliphatic carbocycles. The standard InChI is InChI=1S/C21H25FN2O2/c1-17(25)24(15-12-19-7-9-20(22)10-8-19)16-13-21(26)23-14-11-18-5-3-2-4-6-18/h2-10H,11-16H2,1H3,(H,23,26). The van der Waals surface area contributed by atoms with E-state index < -0.39 is 0 Å². The lowest BCUT2D eigenvalue weighted by molar-refractivity contribution is -0.129. The van der Waals surface area contributed by atoms with E-state index >= 15 is 0 Å². The average molecular weight is 356 g/mol. The molecule has 4 nitrogen and oxygen atoms in total. The van der Waals surface area contributed by atoms with Crippen LogP contribution >= 0.6 is 0 Å². The summed E-state index contributed by atoms with van der Waals surface area (Å²) in [5, 5.41) is 2.89. The fourth-order valence-electron chi connectivity index (χ4n) is 2.66. The predicted molar refractivity (Wildman–Crippen MR) is 100 cm³/mol.